The van der Waals surface area contributed by atoms with E-state index >= 15 is 0 Å². The van der Waals surface area contributed by atoms with E-state index in [4.69, 9.17) is 0 Å². The third-order valence-electron chi connectivity index (χ3n) is 3.38. The molecule has 0 saturated heterocycles. The van der Waals surface area contributed by atoms with E-state index in [-0.39, 0.29) is 22.0 Å². The van der Waals surface area contributed by atoms with Crippen molar-refractivity contribution in [2.24, 2.45) is 0 Å². The monoisotopic (exact) mass is 382 g/mol. The SMILES string of the molecule is CS(=O)(=O)c1ccc(CC(=O)Nc2nc3c(F)cc(F)cc3s2)cc1. The van der Waals surface area contributed by atoms with Gasteiger partial charge in [0, 0.05) is 12.3 Å². The lowest BCUT2D eigenvalue weighted by Gasteiger charge is -2.03. The molecule has 0 saturated carbocycles. The van der Waals surface area contributed by atoms with Crippen LogP contribution in [0.1, 0.15) is 5.56 Å². The van der Waals surface area contributed by atoms with Crippen molar-refractivity contribution in [1.82, 2.24) is 4.98 Å². The van der Waals surface area contributed by atoms with E-state index in [9.17, 15) is 22.0 Å². The molecule has 0 radical (unpaired) electrons. The minimum atomic E-state index is -3.29. The van der Waals surface area contributed by atoms with E-state index in [1.165, 1.54) is 12.1 Å². The molecule has 3 aromatic rings. The molecule has 0 fully saturated rings. The average Bonchev–Trinajstić information content (AvgIpc) is 2.89. The Hall–Kier alpha value is -2.39. The highest BCUT2D eigenvalue weighted by Gasteiger charge is 2.13. The van der Waals surface area contributed by atoms with Crippen molar-refractivity contribution in [1.29, 1.82) is 0 Å². The lowest BCUT2D eigenvalue weighted by Crippen LogP contribution is -2.14. The zero-order valence-electron chi connectivity index (χ0n) is 12.9. The second-order valence-electron chi connectivity index (χ2n) is 5.39. The summed E-state index contributed by atoms with van der Waals surface area (Å²) in [6.45, 7) is 0. The van der Waals surface area contributed by atoms with Crippen molar-refractivity contribution in [3.05, 3.63) is 53.6 Å². The number of carbonyl (C=O) groups excluding carboxylic acids is 1. The summed E-state index contributed by atoms with van der Waals surface area (Å²) in [6.07, 6.45) is 1.10. The number of aromatic nitrogens is 1. The molecular weight excluding hydrogens is 370 g/mol. The zero-order valence-corrected chi connectivity index (χ0v) is 14.5. The van der Waals surface area contributed by atoms with Gasteiger partial charge in [0.05, 0.1) is 16.0 Å². The Labute approximate surface area is 146 Å². The van der Waals surface area contributed by atoms with Crippen LogP contribution in [0.15, 0.2) is 41.3 Å². The molecule has 0 unspecified atom stereocenters. The summed E-state index contributed by atoms with van der Waals surface area (Å²) in [7, 11) is -3.29. The number of carbonyl (C=O) groups is 1. The Balaban J connectivity index is 1.73. The van der Waals surface area contributed by atoms with Crippen molar-refractivity contribution in [2.45, 2.75) is 11.3 Å². The number of sulfone groups is 1. The summed E-state index contributed by atoms with van der Waals surface area (Å²) in [6, 6.07) is 7.82. The molecule has 5 nitrogen and oxygen atoms in total. The molecule has 0 spiro atoms. The molecule has 0 aliphatic heterocycles. The Morgan fingerprint density at radius 3 is 2.52 bits per heavy atom. The molecule has 1 N–H and O–H groups in total. The third kappa shape index (κ3) is 3.99. The van der Waals surface area contributed by atoms with Gasteiger partial charge in [0.2, 0.25) is 5.91 Å². The first-order chi connectivity index (χ1) is 11.7. The van der Waals surface area contributed by atoms with E-state index in [0.29, 0.717) is 10.3 Å². The summed E-state index contributed by atoms with van der Waals surface area (Å²) < 4.78 is 49.9. The molecule has 0 aliphatic rings. The molecule has 1 aromatic heterocycles. The first-order valence-corrected chi connectivity index (χ1v) is 9.77. The Kier molecular flexibility index (Phi) is 4.53. The van der Waals surface area contributed by atoms with Crippen molar-refractivity contribution < 1.29 is 22.0 Å². The quantitative estimate of drug-likeness (QED) is 0.752. The largest absolute Gasteiger partial charge is 0.302 e. The van der Waals surface area contributed by atoms with Crippen LogP contribution in [0.4, 0.5) is 13.9 Å². The molecule has 25 heavy (non-hydrogen) atoms. The van der Waals surface area contributed by atoms with Gasteiger partial charge in [-0.25, -0.2) is 22.2 Å². The zero-order chi connectivity index (χ0) is 18.2. The van der Waals surface area contributed by atoms with Gasteiger partial charge in [0.25, 0.3) is 0 Å². The maximum atomic E-state index is 13.6. The van der Waals surface area contributed by atoms with Gasteiger partial charge in [-0.2, -0.15) is 0 Å². The van der Waals surface area contributed by atoms with Crippen molar-refractivity contribution in [2.75, 3.05) is 11.6 Å². The summed E-state index contributed by atoms with van der Waals surface area (Å²) in [5.74, 6) is -1.90. The van der Waals surface area contributed by atoms with Gasteiger partial charge < -0.3 is 5.32 Å². The number of nitrogens with zero attached hydrogens (tertiary/aromatic N) is 1. The van der Waals surface area contributed by atoms with E-state index in [0.717, 1.165) is 29.7 Å². The number of rotatable bonds is 4. The maximum absolute atomic E-state index is 13.6. The van der Waals surface area contributed by atoms with Gasteiger partial charge in [-0.05, 0) is 23.8 Å². The number of thiazole rings is 1. The first kappa shape index (κ1) is 17.4. The van der Waals surface area contributed by atoms with Gasteiger partial charge in [0.15, 0.2) is 20.8 Å². The lowest BCUT2D eigenvalue weighted by atomic mass is 10.1. The van der Waals surface area contributed by atoms with E-state index in [2.05, 4.69) is 10.3 Å². The number of amides is 1. The third-order valence-corrected chi connectivity index (χ3v) is 5.42. The second-order valence-corrected chi connectivity index (χ2v) is 8.44. The Bertz CT molecular complexity index is 1060. The molecule has 1 heterocycles. The Morgan fingerprint density at radius 1 is 1.20 bits per heavy atom. The molecule has 0 bridgehead atoms. The number of fused-ring (bicyclic) bond motifs is 1. The van der Waals surface area contributed by atoms with Crippen molar-refractivity contribution in [3.63, 3.8) is 0 Å². The summed E-state index contributed by atoms with van der Waals surface area (Å²) in [4.78, 5) is 16.2. The van der Waals surface area contributed by atoms with Crippen molar-refractivity contribution in [3.8, 4) is 0 Å². The number of benzene rings is 2. The minimum Gasteiger partial charge on any atom is -0.302 e. The highest BCUT2D eigenvalue weighted by molar-refractivity contribution is 7.90. The number of hydrogen-bond donors (Lipinski definition) is 1. The van der Waals surface area contributed by atoms with Gasteiger partial charge in [-0.3, -0.25) is 4.79 Å². The van der Waals surface area contributed by atoms with Gasteiger partial charge in [-0.15, -0.1) is 0 Å². The molecule has 130 valence electrons. The number of hydrogen-bond acceptors (Lipinski definition) is 5. The highest BCUT2D eigenvalue weighted by Crippen LogP contribution is 2.28. The number of halogens is 2. The minimum absolute atomic E-state index is 0.000736. The fourth-order valence-electron chi connectivity index (χ4n) is 2.21. The van der Waals surface area contributed by atoms with E-state index < -0.39 is 27.4 Å². The molecule has 3 rings (SSSR count). The summed E-state index contributed by atoms with van der Waals surface area (Å²) in [5, 5.41) is 2.70. The van der Waals surface area contributed by atoms with Crippen LogP contribution >= 0.6 is 11.3 Å². The molecule has 2 aromatic carbocycles. The molecule has 0 aliphatic carbocycles. The van der Waals surface area contributed by atoms with Crippen LogP contribution in [0.5, 0.6) is 0 Å². The highest BCUT2D eigenvalue weighted by atomic mass is 32.2. The lowest BCUT2D eigenvalue weighted by molar-refractivity contribution is -0.115. The Morgan fingerprint density at radius 2 is 1.88 bits per heavy atom. The summed E-state index contributed by atoms with van der Waals surface area (Å²) >= 11 is 0.968. The summed E-state index contributed by atoms with van der Waals surface area (Å²) in [5.41, 5.74) is 0.613. The predicted octanol–water partition coefficient (Wildman–Crippen LogP) is 3.16. The molecule has 1 amide bonds. The van der Waals surface area contributed by atoms with E-state index in [1.807, 2.05) is 0 Å². The predicted molar refractivity (Wildman–Crippen MR) is 91.4 cm³/mol. The van der Waals surface area contributed by atoms with Gasteiger partial charge >= 0.3 is 0 Å². The average molecular weight is 382 g/mol. The standard InChI is InChI=1S/C16H12F2N2O3S2/c1-25(22,23)11-4-2-9(3-5-11)6-14(21)19-16-20-15-12(18)7-10(17)8-13(15)24-16/h2-5,7-8H,6H2,1H3,(H,19,20,21). The van der Waals surface area contributed by atoms with E-state index in [1.54, 1.807) is 12.1 Å². The molecule has 9 heteroatoms. The first-order valence-electron chi connectivity index (χ1n) is 7.07. The molecular formula is C16H12F2N2O3S2. The van der Waals surface area contributed by atoms with Gasteiger partial charge in [0.1, 0.15) is 11.3 Å². The van der Waals surface area contributed by atoms with Crippen LogP contribution in [0.25, 0.3) is 10.2 Å². The van der Waals surface area contributed by atoms with Crippen LogP contribution in [-0.4, -0.2) is 25.6 Å². The number of anilines is 1. The second kappa shape index (κ2) is 6.49. The topological polar surface area (TPSA) is 76.1 Å². The van der Waals surface area contributed by atoms with Crippen LogP contribution in [0, 0.1) is 11.6 Å². The number of nitrogens with one attached hydrogen (secondary N) is 1. The fourth-order valence-corrected chi connectivity index (χ4v) is 3.77. The maximum Gasteiger partial charge on any atom is 0.230 e. The normalized spacial score (nSPS) is 11.6. The molecule has 0 atom stereocenters. The smallest absolute Gasteiger partial charge is 0.230 e. The van der Waals surface area contributed by atoms with Crippen LogP contribution in [-0.2, 0) is 21.1 Å². The van der Waals surface area contributed by atoms with Crippen LogP contribution in [0.3, 0.4) is 0 Å². The van der Waals surface area contributed by atoms with Crippen LogP contribution in [0.2, 0.25) is 0 Å². The van der Waals surface area contributed by atoms with Crippen molar-refractivity contribution >= 4 is 42.4 Å². The van der Waals surface area contributed by atoms with Gasteiger partial charge in [-0.1, -0.05) is 23.5 Å². The fraction of sp³-hybridized carbons (Fsp3) is 0.125. The van der Waals surface area contributed by atoms with Crippen LogP contribution < -0.4 is 5.32 Å².